The van der Waals surface area contributed by atoms with Crippen molar-refractivity contribution in [2.24, 2.45) is 0 Å². The fourth-order valence-electron chi connectivity index (χ4n) is 1.31. The summed E-state index contributed by atoms with van der Waals surface area (Å²) in [6.07, 6.45) is 2.02. The second-order valence-electron chi connectivity index (χ2n) is 2.69. The van der Waals surface area contributed by atoms with Gasteiger partial charge in [0, 0.05) is 20.2 Å². The molecule has 13 heavy (non-hydrogen) atoms. The van der Waals surface area contributed by atoms with Crippen molar-refractivity contribution in [3.63, 3.8) is 0 Å². The number of thiophene rings is 1. The summed E-state index contributed by atoms with van der Waals surface area (Å²) >= 11 is 7.84. The second-order valence-corrected chi connectivity index (χ2v) is 4.87. The molecule has 0 atom stereocenters. The van der Waals surface area contributed by atoms with Crippen molar-refractivity contribution < 1.29 is 0 Å². The van der Waals surface area contributed by atoms with Gasteiger partial charge in [-0.2, -0.15) is 0 Å². The predicted molar refractivity (Wildman–Crippen MR) is 65.3 cm³/mol. The number of fused-ring (bicyclic) bond motifs is 1. The van der Waals surface area contributed by atoms with Crippen LogP contribution in [0.5, 0.6) is 0 Å². The van der Waals surface area contributed by atoms with Crippen molar-refractivity contribution in [2.75, 3.05) is 12.0 Å². The van der Waals surface area contributed by atoms with E-state index >= 15 is 0 Å². The van der Waals surface area contributed by atoms with E-state index in [1.165, 1.54) is 10.1 Å². The summed E-state index contributed by atoms with van der Waals surface area (Å²) < 4.78 is 1.22. The van der Waals surface area contributed by atoms with E-state index < -0.39 is 0 Å². The number of rotatable bonds is 1. The van der Waals surface area contributed by atoms with E-state index in [1.807, 2.05) is 12.3 Å². The van der Waals surface area contributed by atoms with Crippen LogP contribution in [0, 0.1) is 0 Å². The topological polar surface area (TPSA) is 26.0 Å². The summed E-state index contributed by atoms with van der Waals surface area (Å²) in [7, 11) is 0. The first-order valence-electron chi connectivity index (χ1n) is 3.76. The number of anilines is 1. The number of nitrogens with two attached hydrogens (primary N) is 1. The van der Waals surface area contributed by atoms with Crippen molar-refractivity contribution in [1.29, 1.82) is 0 Å². The summed E-state index contributed by atoms with van der Waals surface area (Å²) in [4.78, 5) is 2.09. The Balaban J connectivity index is 2.85. The number of hydrogen-bond donors (Lipinski definition) is 2. The number of hydrogen-bond acceptors (Lipinski definition) is 4. The van der Waals surface area contributed by atoms with Crippen LogP contribution in [0.15, 0.2) is 27.3 Å². The molecular weight excluding hydrogens is 218 g/mol. The van der Waals surface area contributed by atoms with Crippen LogP contribution in [0.25, 0.3) is 10.1 Å². The molecule has 0 unspecified atom stereocenters. The van der Waals surface area contributed by atoms with Gasteiger partial charge in [-0.05, 0) is 29.2 Å². The molecule has 0 bridgehead atoms. The van der Waals surface area contributed by atoms with Crippen LogP contribution in [-0.2, 0) is 0 Å². The van der Waals surface area contributed by atoms with Gasteiger partial charge in [-0.25, -0.2) is 0 Å². The molecule has 68 valence electrons. The molecule has 0 spiro atoms. The number of benzene rings is 1. The summed E-state index contributed by atoms with van der Waals surface area (Å²) in [5.74, 6) is 0. The van der Waals surface area contributed by atoms with Crippen LogP contribution in [0.4, 0.5) is 5.69 Å². The Bertz CT molecular complexity index is 447. The zero-order valence-electron chi connectivity index (χ0n) is 7.07. The third kappa shape index (κ3) is 1.43. The van der Waals surface area contributed by atoms with Gasteiger partial charge in [-0.1, -0.05) is 0 Å². The van der Waals surface area contributed by atoms with Crippen molar-refractivity contribution in [3.05, 3.63) is 17.5 Å². The Kier molecular flexibility index (Phi) is 2.45. The molecule has 1 heterocycles. The Morgan fingerprint density at radius 3 is 3.00 bits per heavy atom. The van der Waals surface area contributed by atoms with E-state index in [4.69, 9.17) is 5.73 Å². The van der Waals surface area contributed by atoms with E-state index in [1.54, 1.807) is 23.1 Å². The minimum absolute atomic E-state index is 0.823. The average molecular weight is 227 g/mol. The summed E-state index contributed by atoms with van der Waals surface area (Å²) in [6.45, 7) is 0. The first kappa shape index (κ1) is 9.24. The fraction of sp³-hybridized carbons (Fsp3) is 0.111. The van der Waals surface area contributed by atoms with E-state index in [0.717, 1.165) is 15.5 Å². The molecule has 0 aliphatic heterocycles. The molecule has 0 aliphatic carbocycles. The molecular formula is C9H9NS3. The van der Waals surface area contributed by atoms with Crippen LogP contribution >= 0.6 is 35.7 Å². The smallest absolute Gasteiger partial charge is 0.0488 e. The lowest BCUT2D eigenvalue weighted by molar-refractivity contribution is 1.34. The molecule has 0 radical (unpaired) electrons. The van der Waals surface area contributed by atoms with Crippen LogP contribution in [0.3, 0.4) is 0 Å². The van der Waals surface area contributed by atoms with E-state index in [0.29, 0.717) is 0 Å². The van der Waals surface area contributed by atoms with Crippen LogP contribution < -0.4 is 5.73 Å². The lowest BCUT2D eigenvalue weighted by atomic mass is 10.2. The highest BCUT2D eigenvalue weighted by Crippen LogP contribution is 2.38. The molecule has 2 aromatic rings. The maximum atomic E-state index is 5.89. The zero-order chi connectivity index (χ0) is 9.42. The highest BCUT2D eigenvalue weighted by molar-refractivity contribution is 7.99. The molecule has 0 saturated carbocycles. The number of nitrogen functional groups attached to an aromatic ring is 1. The highest BCUT2D eigenvalue weighted by atomic mass is 32.2. The monoisotopic (exact) mass is 227 g/mol. The molecule has 4 heteroatoms. The SMILES string of the molecule is CSc1c(N)cc2ccsc2c1S. The Morgan fingerprint density at radius 2 is 2.31 bits per heavy atom. The Labute approximate surface area is 90.7 Å². The van der Waals surface area contributed by atoms with Gasteiger partial charge in [-0.3, -0.25) is 0 Å². The third-order valence-electron chi connectivity index (χ3n) is 1.90. The zero-order valence-corrected chi connectivity index (χ0v) is 9.60. The predicted octanol–water partition coefficient (Wildman–Crippen LogP) is 3.49. The molecule has 2 N–H and O–H groups in total. The minimum atomic E-state index is 0.823. The van der Waals surface area contributed by atoms with Crippen molar-refractivity contribution >= 4 is 51.5 Å². The molecule has 0 amide bonds. The van der Waals surface area contributed by atoms with Gasteiger partial charge in [0.05, 0.1) is 0 Å². The summed E-state index contributed by atoms with van der Waals surface area (Å²) in [6, 6.07) is 4.08. The molecule has 0 fully saturated rings. The number of thioether (sulfide) groups is 1. The first-order valence-corrected chi connectivity index (χ1v) is 6.32. The summed E-state index contributed by atoms with van der Waals surface area (Å²) in [5, 5.41) is 3.25. The molecule has 1 aromatic heterocycles. The quantitative estimate of drug-likeness (QED) is 0.443. The van der Waals surface area contributed by atoms with Gasteiger partial charge in [0.25, 0.3) is 0 Å². The minimum Gasteiger partial charge on any atom is -0.398 e. The Hall–Kier alpha value is -0.320. The lowest BCUT2D eigenvalue weighted by Crippen LogP contribution is -1.89. The van der Waals surface area contributed by atoms with Gasteiger partial charge >= 0.3 is 0 Å². The molecule has 0 aliphatic rings. The van der Waals surface area contributed by atoms with Gasteiger partial charge in [-0.15, -0.1) is 35.7 Å². The van der Waals surface area contributed by atoms with E-state index in [9.17, 15) is 0 Å². The second kappa shape index (κ2) is 3.44. The normalized spacial score (nSPS) is 10.9. The maximum Gasteiger partial charge on any atom is 0.0488 e. The van der Waals surface area contributed by atoms with Crippen LogP contribution in [0.2, 0.25) is 0 Å². The van der Waals surface area contributed by atoms with E-state index in [-0.39, 0.29) is 0 Å². The first-order chi connectivity index (χ1) is 6.24. The molecule has 1 nitrogen and oxygen atoms in total. The summed E-state index contributed by atoms with van der Waals surface area (Å²) in [5.41, 5.74) is 6.71. The van der Waals surface area contributed by atoms with Crippen molar-refractivity contribution in [1.82, 2.24) is 0 Å². The van der Waals surface area contributed by atoms with Crippen LogP contribution in [0.1, 0.15) is 0 Å². The Morgan fingerprint density at radius 1 is 1.54 bits per heavy atom. The van der Waals surface area contributed by atoms with Crippen molar-refractivity contribution in [3.8, 4) is 0 Å². The van der Waals surface area contributed by atoms with Gasteiger partial charge in [0.2, 0.25) is 0 Å². The van der Waals surface area contributed by atoms with Crippen LogP contribution in [-0.4, -0.2) is 6.26 Å². The van der Waals surface area contributed by atoms with Gasteiger partial charge in [0.15, 0.2) is 0 Å². The van der Waals surface area contributed by atoms with Gasteiger partial charge in [0.1, 0.15) is 0 Å². The van der Waals surface area contributed by atoms with Gasteiger partial charge < -0.3 is 5.73 Å². The third-order valence-corrected chi connectivity index (χ3v) is 4.45. The standard InChI is InChI=1S/C9H9NS3/c1-12-9-6(10)4-5-2-3-13-8(5)7(9)11/h2-4,11H,10H2,1H3. The largest absolute Gasteiger partial charge is 0.398 e. The molecule has 0 saturated heterocycles. The molecule has 1 aromatic carbocycles. The fourth-order valence-corrected chi connectivity index (χ4v) is 3.49. The number of thiol groups is 1. The van der Waals surface area contributed by atoms with E-state index in [2.05, 4.69) is 24.1 Å². The van der Waals surface area contributed by atoms with Crippen molar-refractivity contribution in [2.45, 2.75) is 9.79 Å². The maximum absolute atomic E-state index is 5.89. The molecule has 2 rings (SSSR count). The average Bonchev–Trinajstić information content (AvgIpc) is 2.53. The highest BCUT2D eigenvalue weighted by Gasteiger charge is 2.08. The lowest BCUT2D eigenvalue weighted by Gasteiger charge is -2.06.